The number of benzene rings is 1. The van der Waals surface area contributed by atoms with Crippen LogP contribution in [0.1, 0.15) is 37.4 Å². The van der Waals surface area contributed by atoms with Gasteiger partial charge in [0.2, 0.25) is 0 Å². The molecule has 0 bridgehead atoms. The molecule has 0 heterocycles. The van der Waals surface area contributed by atoms with E-state index in [2.05, 4.69) is 36.4 Å². The number of hydrogen-bond donors (Lipinski definition) is 3. The van der Waals surface area contributed by atoms with Crippen molar-refractivity contribution in [2.45, 2.75) is 44.9 Å². The van der Waals surface area contributed by atoms with E-state index in [0.29, 0.717) is 19.0 Å². The summed E-state index contributed by atoms with van der Waals surface area (Å²) in [6, 6.07) is 7.82. The van der Waals surface area contributed by atoms with Gasteiger partial charge < -0.3 is 20.6 Å². The lowest BCUT2D eigenvalue weighted by atomic mass is 10.1. The highest BCUT2D eigenvalue weighted by atomic mass is 16.3. The quantitative estimate of drug-likeness (QED) is 0.749. The molecule has 1 aliphatic rings. The summed E-state index contributed by atoms with van der Waals surface area (Å²) in [5.74, 6) is 0. The van der Waals surface area contributed by atoms with Crippen molar-refractivity contribution in [2.24, 2.45) is 0 Å². The van der Waals surface area contributed by atoms with Gasteiger partial charge in [0.1, 0.15) is 0 Å². The van der Waals surface area contributed by atoms with Crippen LogP contribution in [0.2, 0.25) is 0 Å². The fourth-order valence-electron chi connectivity index (χ4n) is 2.82. The number of amides is 2. The summed E-state index contributed by atoms with van der Waals surface area (Å²) < 4.78 is 0. The highest BCUT2D eigenvalue weighted by molar-refractivity contribution is 5.74. The summed E-state index contributed by atoms with van der Waals surface area (Å²) in [5.41, 5.74) is 2.12. The minimum atomic E-state index is -0.550. The topological polar surface area (TPSA) is 64.6 Å². The molecular weight excluding hydrogens is 278 g/mol. The van der Waals surface area contributed by atoms with E-state index < -0.39 is 6.10 Å². The maximum atomic E-state index is 12.0. The second kappa shape index (κ2) is 7.61. The standard InChI is InChI=1S/C17H27N3O2/c1-4-12(2)20(3)10-9-18-17(22)19-16-14-8-6-5-7-13(14)11-15(16)21/h5-8,12,15-16,21H,4,9-11H2,1-3H3,(H2,18,19,22)/t12?,15-,16+/m1/s1. The molecule has 5 nitrogen and oxygen atoms in total. The number of carbonyl (C=O) groups is 1. The van der Waals surface area contributed by atoms with Gasteiger partial charge in [-0.15, -0.1) is 0 Å². The highest BCUT2D eigenvalue weighted by Crippen LogP contribution is 2.30. The molecule has 5 heteroatoms. The number of nitrogens with zero attached hydrogens (tertiary/aromatic N) is 1. The average Bonchev–Trinajstić information content (AvgIpc) is 2.82. The maximum absolute atomic E-state index is 12.0. The molecular formula is C17H27N3O2. The lowest BCUT2D eigenvalue weighted by Gasteiger charge is -2.24. The molecule has 1 unspecified atom stereocenters. The first-order valence-corrected chi connectivity index (χ1v) is 8.03. The first-order valence-electron chi connectivity index (χ1n) is 8.03. The normalized spacial score (nSPS) is 21.5. The summed E-state index contributed by atoms with van der Waals surface area (Å²) in [4.78, 5) is 14.2. The Morgan fingerprint density at radius 3 is 2.91 bits per heavy atom. The van der Waals surface area contributed by atoms with Gasteiger partial charge in [-0.25, -0.2) is 4.79 Å². The van der Waals surface area contributed by atoms with E-state index in [1.165, 1.54) is 0 Å². The Balaban J connectivity index is 1.80. The van der Waals surface area contributed by atoms with Crippen molar-refractivity contribution in [3.63, 3.8) is 0 Å². The Morgan fingerprint density at radius 1 is 1.45 bits per heavy atom. The lowest BCUT2D eigenvalue weighted by Crippen LogP contribution is -2.44. The molecule has 0 spiro atoms. The monoisotopic (exact) mass is 305 g/mol. The van der Waals surface area contributed by atoms with Gasteiger partial charge in [0, 0.05) is 25.6 Å². The van der Waals surface area contributed by atoms with Crippen molar-refractivity contribution >= 4 is 6.03 Å². The smallest absolute Gasteiger partial charge is 0.315 e. The Hall–Kier alpha value is -1.59. The van der Waals surface area contributed by atoms with Crippen LogP contribution in [0.5, 0.6) is 0 Å². The third kappa shape index (κ3) is 3.99. The van der Waals surface area contributed by atoms with Gasteiger partial charge in [0.25, 0.3) is 0 Å². The molecule has 3 N–H and O–H groups in total. The van der Waals surface area contributed by atoms with Crippen LogP contribution in [0.25, 0.3) is 0 Å². The molecule has 0 aliphatic heterocycles. The zero-order valence-electron chi connectivity index (χ0n) is 13.7. The molecule has 122 valence electrons. The van der Waals surface area contributed by atoms with Crippen LogP contribution >= 0.6 is 0 Å². The van der Waals surface area contributed by atoms with Crippen LogP contribution in [0.15, 0.2) is 24.3 Å². The van der Waals surface area contributed by atoms with Gasteiger partial charge >= 0.3 is 6.03 Å². The lowest BCUT2D eigenvalue weighted by molar-refractivity contribution is 0.142. The molecule has 0 saturated carbocycles. The number of nitrogens with one attached hydrogen (secondary N) is 2. The van der Waals surface area contributed by atoms with E-state index >= 15 is 0 Å². The zero-order valence-corrected chi connectivity index (χ0v) is 13.7. The molecule has 0 radical (unpaired) electrons. The number of hydrogen-bond acceptors (Lipinski definition) is 3. The molecule has 0 fully saturated rings. The number of carbonyl (C=O) groups excluding carboxylic acids is 1. The van der Waals surface area contributed by atoms with Gasteiger partial charge in [0.15, 0.2) is 0 Å². The predicted octanol–water partition coefficient (Wildman–Crippen LogP) is 1.67. The maximum Gasteiger partial charge on any atom is 0.315 e. The fraction of sp³-hybridized carbons (Fsp3) is 0.588. The van der Waals surface area contributed by atoms with Gasteiger partial charge in [-0.2, -0.15) is 0 Å². The highest BCUT2D eigenvalue weighted by Gasteiger charge is 2.31. The minimum Gasteiger partial charge on any atom is -0.390 e. The van der Waals surface area contributed by atoms with E-state index in [0.717, 1.165) is 24.1 Å². The Kier molecular flexibility index (Phi) is 5.80. The van der Waals surface area contributed by atoms with Crippen LogP contribution in [0.4, 0.5) is 4.79 Å². The van der Waals surface area contributed by atoms with Crippen molar-refractivity contribution in [3.8, 4) is 0 Å². The average molecular weight is 305 g/mol. The molecule has 2 amide bonds. The summed E-state index contributed by atoms with van der Waals surface area (Å²) in [5, 5.41) is 15.9. The van der Waals surface area contributed by atoms with Crippen molar-refractivity contribution in [1.29, 1.82) is 0 Å². The van der Waals surface area contributed by atoms with E-state index in [1.54, 1.807) is 0 Å². The van der Waals surface area contributed by atoms with E-state index in [9.17, 15) is 9.90 Å². The predicted molar refractivity (Wildman–Crippen MR) is 87.8 cm³/mol. The van der Waals surface area contributed by atoms with Crippen LogP contribution in [-0.2, 0) is 6.42 Å². The van der Waals surface area contributed by atoms with Crippen molar-refractivity contribution < 1.29 is 9.90 Å². The number of likely N-dealkylation sites (N-methyl/N-ethyl adjacent to an activating group) is 1. The van der Waals surface area contributed by atoms with Crippen molar-refractivity contribution in [2.75, 3.05) is 20.1 Å². The van der Waals surface area contributed by atoms with E-state index in [4.69, 9.17) is 0 Å². The van der Waals surface area contributed by atoms with Crippen molar-refractivity contribution in [3.05, 3.63) is 35.4 Å². The number of aliphatic hydroxyl groups is 1. The van der Waals surface area contributed by atoms with Gasteiger partial charge in [-0.1, -0.05) is 31.2 Å². The van der Waals surface area contributed by atoms with Crippen LogP contribution in [0.3, 0.4) is 0 Å². The molecule has 1 aromatic rings. The number of rotatable bonds is 6. The first kappa shape index (κ1) is 16.8. The molecule has 0 saturated heterocycles. The van der Waals surface area contributed by atoms with Crippen LogP contribution < -0.4 is 10.6 Å². The third-order valence-electron chi connectivity index (χ3n) is 4.58. The molecule has 1 aliphatic carbocycles. The number of urea groups is 1. The van der Waals surface area contributed by atoms with Gasteiger partial charge in [-0.3, -0.25) is 0 Å². The SMILES string of the molecule is CCC(C)N(C)CCNC(=O)N[C@H]1c2ccccc2C[C@H]1O. The second-order valence-corrected chi connectivity index (χ2v) is 6.09. The largest absolute Gasteiger partial charge is 0.390 e. The summed E-state index contributed by atoms with van der Waals surface area (Å²) in [6.07, 6.45) is 1.14. The molecule has 1 aromatic carbocycles. The minimum absolute atomic E-state index is 0.224. The second-order valence-electron chi connectivity index (χ2n) is 6.09. The molecule has 0 aromatic heterocycles. The Morgan fingerprint density at radius 2 is 2.18 bits per heavy atom. The Labute approximate surface area is 132 Å². The van der Waals surface area contributed by atoms with Crippen molar-refractivity contribution in [1.82, 2.24) is 15.5 Å². The number of fused-ring (bicyclic) bond motifs is 1. The summed E-state index contributed by atoms with van der Waals surface area (Å²) in [7, 11) is 2.06. The molecule has 2 rings (SSSR count). The molecule has 22 heavy (non-hydrogen) atoms. The van der Waals surface area contributed by atoms with Crippen LogP contribution in [0, 0.1) is 0 Å². The van der Waals surface area contributed by atoms with Gasteiger partial charge in [0.05, 0.1) is 12.1 Å². The molecule has 3 atom stereocenters. The van der Waals surface area contributed by atoms with E-state index in [1.807, 2.05) is 24.3 Å². The van der Waals surface area contributed by atoms with Gasteiger partial charge in [-0.05, 0) is 31.5 Å². The third-order valence-corrected chi connectivity index (χ3v) is 4.58. The zero-order chi connectivity index (χ0) is 16.1. The Bertz CT molecular complexity index is 506. The first-order chi connectivity index (χ1) is 10.5. The van der Waals surface area contributed by atoms with E-state index in [-0.39, 0.29) is 12.1 Å². The summed E-state index contributed by atoms with van der Waals surface area (Å²) >= 11 is 0. The summed E-state index contributed by atoms with van der Waals surface area (Å²) in [6.45, 7) is 5.73. The number of aliphatic hydroxyl groups excluding tert-OH is 1. The van der Waals surface area contributed by atoms with Crippen LogP contribution in [-0.4, -0.2) is 48.3 Å². The fourth-order valence-corrected chi connectivity index (χ4v) is 2.82.